The first kappa shape index (κ1) is 21.4. The molecule has 1 aromatic rings. The zero-order valence-corrected chi connectivity index (χ0v) is 16.0. The number of amides is 1. The summed E-state index contributed by atoms with van der Waals surface area (Å²) in [5.74, 6) is -2.87. The fraction of sp³-hybridized carbons (Fsp3) is 0.450. The van der Waals surface area contributed by atoms with Crippen LogP contribution < -0.4 is 5.32 Å². The Hall–Kier alpha value is -2.89. The van der Waals surface area contributed by atoms with Crippen molar-refractivity contribution in [2.75, 3.05) is 26.4 Å². The molecule has 28 heavy (non-hydrogen) atoms. The van der Waals surface area contributed by atoms with Crippen molar-refractivity contribution in [2.45, 2.75) is 25.7 Å². The van der Waals surface area contributed by atoms with Crippen LogP contribution >= 0.6 is 0 Å². The van der Waals surface area contributed by atoms with E-state index in [1.807, 2.05) is 6.07 Å². The van der Waals surface area contributed by atoms with Gasteiger partial charge in [0, 0.05) is 0 Å². The summed E-state index contributed by atoms with van der Waals surface area (Å²) in [7, 11) is 0. The third kappa shape index (κ3) is 5.09. The second kappa shape index (κ2) is 9.88. The maximum Gasteiger partial charge on any atom is 0.407 e. The molecule has 8 nitrogen and oxygen atoms in total. The highest BCUT2D eigenvalue weighted by molar-refractivity contribution is 5.77. The lowest BCUT2D eigenvalue weighted by atomic mass is 9.86. The molecule has 1 fully saturated rings. The van der Waals surface area contributed by atoms with E-state index in [0.717, 1.165) is 0 Å². The fourth-order valence-electron chi connectivity index (χ4n) is 3.02. The summed E-state index contributed by atoms with van der Waals surface area (Å²) in [5.41, 5.74) is 1.02. The van der Waals surface area contributed by atoms with Crippen LogP contribution in [-0.2, 0) is 23.7 Å². The first-order valence-electron chi connectivity index (χ1n) is 8.94. The van der Waals surface area contributed by atoms with Crippen molar-refractivity contribution in [1.29, 1.82) is 5.26 Å². The lowest BCUT2D eigenvalue weighted by molar-refractivity contribution is -0.205. The zero-order valence-electron chi connectivity index (χ0n) is 16.0. The van der Waals surface area contributed by atoms with E-state index in [2.05, 4.69) is 11.9 Å². The standard InChI is InChI=1S/C20H24N2O6/c1-4-10-26-19(24)22-17(15-8-6-14(13-21)7-9-15)16(18(23)25-5-2)20(3)27-11-12-28-20/h4,6-9,16-17H,1,5,10-12H2,2-3H3,(H,22,24). The molecule has 2 rings (SSSR count). The summed E-state index contributed by atoms with van der Waals surface area (Å²) < 4.78 is 21.6. The second-order valence-corrected chi connectivity index (χ2v) is 6.19. The Morgan fingerprint density at radius 2 is 1.96 bits per heavy atom. The van der Waals surface area contributed by atoms with Crippen LogP contribution in [-0.4, -0.2) is 44.3 Å². The molecule has 1 saturated heterocycles. The molecule has 0 radical (unpaired) electrons. The van der Waals surface area contributed by atoms with Gasteiger partial charge in [0.25, 0.3) is 0 Å². The maximum absolute atomic E-state index is 12.8. The molecule has 1 aliphatic heterocycles. The van der Waals surface area contributed by atoms with Crippen LogP contribution in [0.1, 0.15) is 31.0 Å². The van der Waals surface area contributed by atoms with Crippen LogP contribution in [0, 0.1) is 17.2 Å². The Labute approximate surface area is 164 Å². The number of rotatable bonds is 8. The Morgan fingerprint density at radius 1 is 1.32 bits per heavy atom. The highest BCUT2D eigenvalue weighted by atomic mass is 16.7. The van der Waals surface area contributed by atoms with E-state index < -0.39 is 29.8 Å². The van der Waals surface area contributed by atoms with Crippen LogP contribution in [0.2, 0.25) is 0 Å². The van der Waals surface area contributed by atoms with Gasteiger partial charge in [0.1, 0.15) is 12.5 Å². The number of esters is 1. The molecule has 1 amide bonds. The van der Waals surface area contributed by atoms with Crippen molar-refractivity contribution >= 4 is 12.1 Å². The lowest BCUT2D eigenvalue weighted by Gasteiger charge is -2.36. The first-order chi connectivity index (χ1) is 13.4. The molecule has 1 aliphatic rings. The average Bonchev–Trinajstić information content (AvgIpc) is 3.13. The molecule has 1 aromatic carbocycles. The normalized spacial score (nSPS) is 17.0. The molecule has 8 heteroatoms. The monoisotopic (exact) mass is 388 g/mol. The molecule has 1 N–H and O–H groups in total. The number of nitrogens with zero attached hydrogens (tertiary/aromatic N) is 1. The summed E-state index contributed by atoms with van der Waals surface area (Å²) in [6.45, 7) is 7.62. The van der Waals surface area contributed by atoms with E-state index in [9.17, 15) is 9.59 Å². The van der Waals surface area contributed by atoms with Gasteiger partial charge in [-0.15, -0.1) is 0 Å². The summed E-state index contributed by atoms with van der Waals surface area (Å²) >= 11 is 0. The minimum absolute atomic E-state index is 0.0142. The van der Waals surface area contributed by atoms with Gasteiger partial charge in [-0.25, -0.2) is 4.79 Å². The van der Waals surface area contributed by atoms with Gasteiger partial charge in [-0.2, -0.15) is 5.26 Å². The number of hydrogen-bond acceptors (Lipinski definition) is 7. The van der Waals surface area contributed by atoms with Crippen LogP contribution in [0.5, 0.6) is 0 Å². The zero-order chi connectivity index (χ0) is 20.6. The quantitative estimate of drug-likeness (QED) is 0.538. The smallest absolute Gasteiger partial charge is 0.407 e. The number of alkyl carbamates (subject to hydrolysis) is 1. The molecule has 0 spiro atoms. The minimum Gasteiger partial charge on any atom is -0.466 e. The van der Waals surface area contributed by atoms with Gasteiger partial charge >= 0.3 is 12.1 Å². The van der Waals surface area contributed by atoms with Crippen molar-refractivity contribution < 1.29 is 28.5 Å². The molecule has 0 aromatic heterocycles. The molecule has 2 unspecified atom stereocenters. The molecule has 0 bridgehead atoms. The van der Waals surface area contributed by atoms with Gasteiger partial charge in [-0.05, 0) is 31.5 Å². The van der Waals surface area contributed by atoms with Crippen LogP contribution in [0.3, 0.4) is 0 Å². The van der Waals surface area contributed by atoms with Gasteiger partial charge in [-0.1, -0.05) is 24.8 Å². The lowest BCUT2D eigenvalue weighted by Crippen LogP contribution is -2.50. The summed E-state index contributed by atoms with van der Waals surface area (Å²) in [5, 5.41) is 11.7. The van der Waals surface area contributed by atoms with Crippen molar-refractivity contribution in [2.24, 2.45) is 5.92 Å². The number of benzene rings is 1. The van der Waals surface area contributed by atoms with Crippen LogP contribution in [0.25, 0.3) is 0 Å². The van der Waals surface area contributed by atoms with E-state index in [0.29, 0.717) is 24.3 Å². The van der Waals surface area contributed by atoms with Crippen molar-refractivity contribution in [1.82, 2.24) is 5.32 Å². The van der Waals surface area contributed by atoms with Crippen LogP contribution in [0.4, 0.5) is 4.79 Å². The fourth-order valence-corrected chi connectivity index (χ4v) is 3.02. The van der Waals surface area contributed by atoms with Gasteiger partial charge < -0.3 is 24.3 Å². The van der Waals surface area contributed by atoms with E-state index in [1.165, 1.54) is 6.08 Å². The van der Waals surface area contributed by atoms with E-state index in [4.69, 9.17) is 24.2 Å². The van der Waals surface area contributed by atoms with Gasteiger partial charge in [0.05, 0.1) is 37.5 Å². The van der Waals surface area contributed by atoms with Crippen molar-refractivity contribution in [3.8, 4) is 6.07 Å². The molecule has 2 atom stereocenters. The molecule has 0 aliphatic carbocycles. The Balaban J connectivity index is 2.44. The van der Waals surface area contributed by atoms with Crippen molar-refractivity contribution in [3.63, 3.8) is 0 Å². The maximum atomic E-state index is 12.8. The summed E-state index contributed by atoms with van der Waals surface area (Å²) in [6, 6.07) is 7.67. The van der Waals surface area contributed by atoms with Crippen LogP contribution in [0.15, 0.2) is 36.9 Å². The Kier molecular flexibility index (Phi) is 7.55. The minimum atomic E-state index is -1.30. The van der Waals surface area contributed by atoms with Crippen molar-refractivity contribution in [3.05, 3.63) is 48.0 Å². The Bertz CT molecular complexity index is 734. The van der Waals surface area contributed by atoms with E-state index in [-0.39, 0.29) is 13.2 Å². The molecule has 0 saturated carbocycles. The largest absolute Gasteiger partial charge is 0.466 e. The summed E-state index contributed by atoms with van der Waals surface area (Å²) in [4.78, 5) is 25.1. The highest BCUT2D eigenvalue weighted by Gasteiger charge is 2.50. The number of ether oxygens (including phenoxy) is 4. The number of hydrogen-bond donors (Lipinski definition) is 1. The molecular weight excluding hydrogens is 364 g/mol. The topological polar surface area (TPSA) is 107 Å². The SMILES string of the molecule is C=CCOC(=O)NC(c1ccc(C#N)cc1)C(C(=O)OCC)C1(C)OCCO1. The number of carbonyl (C=O) groups is 2. The van der Waals surface area contributed by atoms with E-state index in [1.54, 1.807) is 38.1 Å². The molecule has 1 heterocycles. The molecular formula is C20H24N2O6. The number of carbonyl (C=O) groups excluding carboxylic acids is 2. The van der Waals surface area contributed by atoms with Gasteiger partial charge in [0.2, 0.25) is 0 Å². The average molecular weight is 388 g/mol. The third-order valence-electron chi connectivity index (χ3n) is 4.30. The van der Waals surface area contributed by atoms with Gasteiger partial charge in [0.15, 0.2) is 5.79 Å². The first-order valence-corrected chi connectivity index (χ1v) is 8.94. The number of nitrogens with one attached hydrogen (secondary N) is 1. The number of nitriles is 1. The molecule has 150 valence electrons. The van der Waals surface area contributed by atoms with Gasteiger partial charge in [-0.3, -0.25) is 4.79 Å². The second-order valence-electron chi connectivity index (χ2n) is 6.19. The summed E-state index contributed by atoms with van der Waals surface area (Å²) in [6.07, 6.45) is 0.703. The third-order valence-corrected chi connectivity index (χ3v) is 4.30. The van der Waals surface area contributed by atoms with E-state index >= 15 is 0 Å². The Morgan fingerprint density at radius 3 is 2.50 bits per heavy atom. The highest BCUT2D eigenvalue weighted by Crippen LogP contribution is 2.38. The predicted molar refractivity (Wildman–Crippen MR) is 99.0 cm³/mol. The predicted octanol–water partition coefficient (Wildman–Crippen LogP) is 2.45.